The molecule has 1 rings (SSSR count). The largest absolute Gasteiger partial charge is 0.280 e. The predicted octanol–water partition coefficient (Wildman–Crippen LogP) is 0.861. The van der Waals surface area contributed by atoms with Crippen molar-refractivity contribution in [3.8, 4) is 0 Å². The zero-order valence-corrected chi connectivity index (χ0v) is 6.91. The highest BCUT2D eigenvalue weighted by atomic mass is 16.5. The fourth-order valence-electron chi connectivity index (χ4n) is 1.05. The Bertz CT molecular complexity index is 245. The highest BCUT2D eigenvalue weighted by Gasteiger charge is 2.28. The summed E-state index contributed by atoms with van der Waals surface area (Å²) >= 11 is 0. The van der Waals surface area contributed by atoms with Crippen molar-refractivity contribution >= 4 is 11.8 Å². The predicted molar refractivity (Wildman–Crippen MR) is 41.2 cm³/mol. The second-order valence-electron chi connectivity index (χ2n) is 2.73. The quantitative estimate of drug-likeness (QED) is 0.503. The third-order valence-corrected chi connectivity index (χ3v) is 1.77. The van der Waals surface area contributed by atoms with Crippen LogP contribution in [0.15, 0.2) is 11.6 Å². The van der Waals surface area contributed by atoms with Gasteiger partial charge in [0.05, 0.1) is 0 Å². The van der Waals surface area contributed by atoms with Crippen molar-refractivity contribution in [1.29, 1.82) is 0 Å². The van der Waals surface area contributed by atoms with Gasteiger partial charge < -0.3 is 0 Å². The maximum absolute atomic E-state index is 11.0. The summed E-state index contributed by atoms with van der Waals surface area (Å²) in [5.41, 5.74) is 0.407. The molecule has 12 heavy (non-hydrogen) atoms. The standard InChI is InChI=1S/C8H11NO3/c1-2-3-4-6-5-7(10)9(12)8(6)11/h5,12H,2-4H2,1H3. The summed E-state index contributed by atoms with van der Waals surface area (Å²) in [6.07, 6.45) is 3.58. The fraction of sp³-hybridized carbons (Fsp3) is 0.500. The van der Waals surface area contributed by atoms with Gasteiger partial charge in [0.25, 0.3) is 11.8 Å². The SMILES string of the molecule is CCCCC1=CC(=O)N(O)C1=O. The fourth-order valence-corrected chi connectivity index (χ4v) is 1.05. The lowest BCUT2D eigenvalue weighted by Crippen LogP contribution is -2.26. The second kappa shape index (κ2) is 3.49. The Kier molecular flexibility index (Phi) is 2.60. The Labute approximate surface area is 70.4 Å². The Morgan fingerprint density at radius 3 is 2.58 bits per heavy atom. The van der Waals surface area contributed by atoms with Gasteiger partial charge in [0.1, 0.15) is 0 Å². The van der Waals surface area contributed by atoms with Gasteiger partial charge >= 0.3 is 0 Å². The molecule has 0 unspecified atom stereocenters. The van der Waals surface area contributed by atoms with Crippen molar-refractivity contribution < 1.29 is 14.8 Å². The molecule has 1 N–H and O–H groups in total. The first kappa shape index (κ1) is 8.93. The van der Waals surface area contributed by atoms with E-state index >= 15 is 0 Å². The molecule has 1 aliphatic heterocycles. The van der Waals surface area contributed by atoms with Gasteiger partial charge in [-0.2, -0.15) is 0 Å². The number of unbranched alkanes of at least 4 members (excludes halogenated alkanes) is 1. The monoisotopic (exact) mass is 169 g/mol. The van der Waals surface area contributed by atoms with E-state index in [9.17, 15) is 9.59 Å². The Balaban J connectivity index is 2.61. The van der Waals surface area contributed by atoms with Gasteiger partial charge in [-0.05, 0) is 12.8 Å². The molecule has 4 heteroatoms. The molecule has 0 spiro atoms. The summed E-state index contributed by atoms with van der Waals surface area (Å²) in [6, 6.07) is 0. The molecule has 0 fully saturated rings. The van der Waals surface area contributed by atoms with E-state index in [0.29, 0.717) is 12.0 Å². The van der Waals surface area contributed by atoms with Crippen LogP contribution in [0.2, 0.25) is 0 Å². The van der Waals surface area contributed by atoms with Crippen LogP contribution in [0.5, 0.6) is 0 Å². The Morgan fingerprint density at radius 2 is 2.17 bits per heavy atom. The Hall–Kier alpha value is -1.16. The number of rotatable bonds is 3. The molecule has 1 aliphatic rings. The van der Waals surface area contributed by atoms with Crippen molar-refractivity contribution in [2.75, 3.05) is 0 Å². The van der Waals surface area contributed by atoms with Gasteiger partial charge in [-0.1, -0.05) is 13.3 Å². The summed E-state index contributed by atoms with van der Waals surface area (Å²) in [7, 11) is 0. The third-order valence-electron chi connectivity index (χ3n) is 1.77. The number of nitrogens with zero attached hydrogens (tertiary/aromatic N) is 1. The lowest BCUT2D eigenvalue weighted by molar-refractivity contribution is -0.169. The van der Waals surface area contributed by atoms with Crippen LogP contribution in [0.3, 0.4) is 0 Å². The van der Waals surface area contributed by atoms with Gasteiger partial charge in [-0.15, -0.1) is 5.06 Å². The zero-order chi connectivity index (χ0) is 9.14. The first-order valence-electron chi connectivity index (χ1n) is 3.94. The van der Waals surface area contributed by atoms with E-state index in [2.05, 4.69) is 0 Å². The molecule has 0 saturated carbocycles. The molecule has 0 aromatic carbocycles. The first-order chi connectivity index (χ1) is 5.66. The highest BCUT2D eigenvalue weighted by molar-refractivity contribution is 6.15. The topological polar surface area (TPSA) is 57.6 Å². The third kappa shape index (κ3) is 1.53. The molecule has 66 valence electrons. The van der Waals surface area contributed by atoms with Gasteiger partial charge in [-0.25, -0.2) is 0 Å². The molecule has 0 aliphatic carbocycles. The summed E-state index contributed by atoms with van der Waals surface area (Å²) in [6.45, 7) is 2.00. The minimum Gasteiger partial charge on any atom is -0.278 e. The summed E-state index contributed by atoms with van der Waals surface area (Å²) in [5, 5.41) is 8.98. The van der Waals surface area contributed by atoms with Crippen LogP contribution in [0.1, 0.15) is 26.2 Å². The molecule has 0 aromatic rings. The van der Waals surface area contributed by atoms with E-state index in [4.69, 9.17) is 5.21 Å². The van der Waals surface area contributed by atoms with Gasteiger partial charge in [0, 0.05) is 11.6 Å². The van der Waals surface area contributed by atoms with Crippen LogP contribution in [-0.4, -0.2) is 22.1 Å². The molecular formula is C8H11NO3. The van der Waals surface area contributed by atoms with Gasteiger partial charge in [-0.3, -0.25) is 14.8 Å². The number of amides is 2. The van der Waals surface area contributed by atoms with E-state index in [0.717, 1.165) is 12.8 Å². The lowest BCUT2D eigenvalue weighted by atomic mass is 10.1. The summed E-state index contributed by atoms with van der Waals surface area (Å²) in [4.78, 5) is 21.7. The second-order valence-corrected chi connectivity index (χ2v) is 2.73. The molecular weight excluding hydrogens is 158 g/mol. The molecule has 0 atom stereocenters. The van der Waals surface area contributed by atoms with Crippen LogP contribution in [0.4, 0.5) is 0 Å². The van der Waals surface area contributed by atoms with E-state index in [1.54, 1.807) is 0 Å². The molecule has 0 bridgehead atoms. The van der Waals surface area contributed by atoms with Crippen LogP contribution >= 0.6 is 0 Å². The number of carbonyl (C=O) groups is 2. The van der Waals surface area contributed by atoms with E-state index in [-0.39, 0.29) is 5.06 Å². The van der Waals surface area contributed by atoms with Crippen LogP contribution in [0, 0.1) is 0 Å². The molecule has 2 amide bonds. The summed E-state index contributed by atoms with van der Waals surface area (Å²) in [5.74, 6) is -1.21. The molecule has 0 radical (unpaired) electrons. The molecule has 0 aromatic heterocycles. The van der Waals surface area contributed by atoms with E-state index in [1.807, 2.05) is 6.92 Å². The van der Waals surface area contributed by atoms with Crippen molar-refractivity contribution in [2.24, 2.45) is 0 Å². The zero-order valence-electron chi connectivity index (χ0n) is 6.91. The first-order valence-corrected chi connectivity index (χ1v) is 3.94. The van der Waals surface area contributed by atoms with Crippen molar-refractivity contribution in [1.82, 2.24) is 5.06 Å². The van der Waals surface area contributed by atoms with Gasteiger partial charge in [0.15, 0.2) is 0 Å². The molecule has 0 saturated heterocycles. The van der Waals surface area contributed by atoms with Crippen molar-refractivity contribution in [2.45, 2.75) is 26.2 Å². The number of hydroxylamine groups is 2. The number of hydrogen-bond acceptors (Lipinski definition) is 3. The van der Waals surface area contributed by atoms with Crippen LogP contribution in [-0.2, 0) is 9.59 Å². The number of hydrogen-bond donors (Lipinski definition) is 1. The van der Waals surface area contributed by atoms with Crippen molar-refractivity contribution in [3.63, 3.8) is 0 Å². The van der Waals surface area contributed by atoms with E-state index in [1.165, 1.54) is 6.08 Å². The highest BCUT2D eigenvalue weighted by Crippen LogP contribution is 2.16. The normalized spacial score (nSPS) is 17.2. The maximum atomic E-state index is 11.0. The molecule has 1 heterocycles. The minimum absolute atomic E-state index is 0.158. The van der Waals surface area contributed by atoms with Crippen LogP contribution in [0.25, 0.3) is 0 Å². The van der Waals surface area contributed by atoms with Gasteiger partial charge in [0.2, 0.25) is 0 Å². The lowest BCUT2D eigenvalue weighted by Gasteiger charge is -2.03. The number of carbonyl (C=O) groups excluding carboxylic acids is 2. The smallest absolute Gasteiger partial charge is 0.278 e. The molecule has 4 nitrogen and oxygen atoms in total. The van der Waals surface area contributed by atoms with E-state index < -0.39 is 11.8 Å². The Morgan fingerprint density at radius 1 is 1.50 bits per heavy atom. The number of imide groups is 1. The maximum Gasteiger partial charge on any atom is 0.280 e. The minimum atomic E-state index is -0.633. The average Bonchev–Trinajstić information content (AvgIpc) is 2.30. The van der Waals surface area contributed by atoms with Crippen LogP contribution < -0.4 is 0 Å². The average molecular weight is 169 g/mol. The summed E-state index contributed by atoms with van der Waals surface area (Å²) < 4.78 is 0. The van der Waals surface area contributed by atoms with Crippen molar-refractivity contribution in [3.05, 3.63) is 11.6 Å².